The summed E-state index contributed by atoms with van der Waals surface area (Å²) in [5.41, 5.74) is 6.83. The monoisotopic (exact) mass is 288 g/mol. The Morgan fingerprint density at radius 2 is 1.81 bits per heavy atom. The van der Waals surface area contributed by atoms with Gasteiger partial charge in [-0.1, -0.05) is 6.07 Å². The normalized spacial score (nSPS) is 10.8. The lowest BCUT2D eigenvalue weighted by atomic mass is 10.0. The largest absolute Gasteiger partial charge is 0.382 e. The highest BCUT2D eigenvalue weighted by molar-refractivity contribution is 5.86. The van der Waals surface area contributed by atoms with Crippen molar-refractivity contribution in [2.45, 2.75) is 0 Å². The van der Waals surface area contributed by atoms with Crippen LogP contribution in [0.2, 0.25) is 0 Å². The molecule has 0 aliphatic heterocycles. The number of nitrogens with two attached hydrogens (primary N) is 1. The summed E-state index contributed by atoms with van der Waals surface area (Å²) in [7, 11) is 0. The molecule has 0 bridgehead atoms. The topological polar surface area (TPSA) is 87.6 Å². The summed E-state index contributed by atoms with van der Waals surface area (Å²) < 4.78 is 26.8. The van der Waals surface area contributed by atoms with E-state index in [9.17, 15) is 13.6 Å². The van der Waals surface area contributed by atoms with Crippen molar-refractivity contribution in [1.82, 2.24) is 15.2 Å². The zero-order valence-corrected chi connectivity index (χ0v) is 10.7. The first-order valence-corrected chi connectivity index (χ1v) is 6.04. The van der Waals surface area contributed by atoms with E-state index in [2.05, 4.69) is 15.2 Å². The molecule has 1 aromatic carbocycles. The van der Waals surface area contributed by atoms with Crippen LogP contribution in [-0.2, 0) is 0 Å². The summed E-state index contributed by atoms with van der Waals surface area (Å²) in [5, 5.41) is 6.51. The molecule has 0 unspecified atom stereocenters. The van der Waals surface area contributed by atoms with Gasteiger partial charge in [-0.2, -0.15) is 5.10 Å². The van der Waals surface area contributed by atoms with Gasteiger partial charge in [0.05, 0.1) is 17.0 Å². The van der Waals surface area contributed by atoms with Crippen LogP contribution in [0.1, 0.15) is 0 Å². The number of anilines is 1. The number of hydrogen-bond donors (Lipinski definition) is 3. The molecule has 0 saturated carbocycles. The van der Waals surface area contributed by atoms with E-state index in [-0.39, 0.29) is 16.9 Å². The molecule has 0 fully saturated rings. The van der Waals surface area contributed by atoms with E-state index < -0.39 is 11.6 Å². The number of nitrogen functional groups attached to an aromatic ring is 1. The molecule has 0 saturated heterocycles. The van der Waals surface area contributed by atoms with Gasteiger partial charge in [0.15, 0.2) is 5.82 Å². The van der Waals surface area contributed by atoms with Crippen molar-refractivity contribution in [2.24, 2.45) is 0 Å². The number of nitrogens with zero attached hydrogens (tertiary/aromatic N) is 1. The molecular weight excluding hydrogens is 278 g/mol. The fraction of sp³-hybridized carbons (Fsp3) is 0. The maximum atomic E-state index is 13.4. The number of halogens is 2. The van der Waals surface area contributed by atoms with E-state index in [0.717, 1.165) is 18.2 Å². The number of H-pyrrole nitrogens is 2. The van der Waals surface area contributed by atoms with E-state index in [1.165, 1.54) is 6.07 Å². The van der Waals surface area contributed by atoms with Gasteiger partial charge in [0.2, 0.25) is 5.56 Å². The van der Waals surface area contributed by atoms with E-state index in [1.807, 2.05) is 0 Å². The number of aromatic amines is 2. The Kier molecular flexibility index (Phi) is 3.02. The Hall–Kier alpha value is -2.96. The van der Waals surface area contributed by atoms with Gasteiger partial charge in [0.1, 0.15) is 11.6 Å². The van der Waals surface area contributed by atoms with Crippen molar-refractivity contribution in [2.75, 3.05) is 5.73 Å². The van der Waals surface area contributed by atoms with Crippen LogP contribution in [-0.4, -0.2) is 15.2 Å². The Balaban J connectivity index is 2.24. The van der Waals surface area contributed by atoms with Crippen LogP contribution in [0.25, 0.3) is 22.5 Å². The number of rotatable bonds is 2. The molecular formula is C14H10F2N4O. The smallest absolute Gasteiger partial charge is 0.248 e. The van der Waals surface area contributed by atoms with Gasteiger partial charge in [-0.05, 0) is 23.8 Å². The molecule has 4 N–H and O–H groups in total. The first-order valence-electron chi connectivity index (χ1n) is 6.04. The van der Waals surface area contributed by atoms with E-state index in [4.69, 9.17) is 5.73 Å². The van der Waals surface area contributed by atoms with E-state index >= 15 is 0 Å². The third-order valence-electron chi connectivity index (χ3n) is 2.98. The molecule has 0 radical (unpaired) electrons. The highest BCUT2D eigenvalue weighted by atomic mass is 19.1. The molecule has 2 aromatic heterocycles. The van der Waals surface area contributed by atoms with Crippen molar-refractivity contribution in [1.29, 1.82) is 0 Å². The molecule has 0 amide bonds. The van der Waals surface area contributed by atoms with Crippen LogP contribution in [0, 0.1) is 11.6 Å². The highest BCUT2D eigenvalue weighted by Crippen LogP contribution is 2.34. The van der Waals surface area contributed by atoms with Gasteiger partial charge in [-0.3, -0.25) is 9.89 Å². The summed E-state index contributed by atoms with van der Waals surface area (Å²) in [4.78, 5) is 14.0. The van der Waals surface area contributed by atoms with Crippen LogP contribution in [0.3, 0.4) is 0 Å². The van der Waals surface area contributed by atoms with Crippen molar-refractivity contribution < 1.29 is 8.78 Å². The molecule has 106 valence electrons. The number of aromatic nitrogens is 3. The molecule has 0 spiro atoms. The van der Waals surface area contributed by atoms with E-state index in [1.54, 1.807) is 12.1 Å². The lowest BCUT2D eigenvalue weighted by molar-refractivity contribution is 0.584. The lowest BCUT2D eigenvalue weighted by Crippen LogP contribution is -2.04. The van der Waals surface area contributed by atoms with Crippen LogP contribution in [0.4, 0.5) is 14.6 Å². The van der Waals surface area contributed by atoms with Crippen LogP contribution in [0.15, 0.2) is 41.2 Å². The van der Waals surface area contributed by atoms with Crippen LogP contribution >= 0.6 is 0 Å². The third kappa shape index (κ3) is 2.40. The number of nitrogens with one attached hydrogen (secondary N) is 2. The predicted molar refractivity (Wildman–Crippen MR) is 74.4 cm³/mol. The minimum atomic E-state index is -0.724. The first-order chi connectivity index (χ1) is 10.0. The summed E-state index contributed by atoms with van der Waals surface area (Å²) in [6.45, 7) is 0. The standard InChI is InChI=1S/C14H10F2N4O/c15-8-4-7(5-9(16)6-8)12-13(19-20-14(12)17)10-2-1-3-11(21)18-10/h1-6H,(H,18,21)(H3,17,19,20). The quantitative estimate of drug-likeness (QED) is 0.676. The Morgan fingerprint density at radius 1 is 1.10 bits per heavy atom. The van der Waals surface area contributed by atoms with Gasteiger partial charge < -0.3 is 10.7 Å². The Labute approximate surface area is 117 Å². The fourth-order valence-corrected chi connectivity index (χ4v) is 2.13. The molecule has 0 aliphatic rings. The minimum Gasteiger partial charge on any atom is -0.382 e. The van der Waals surface area contributed by atoms with E-state index in [0.29, 0.717) is 17.0 Å². The lowest BCUT2D eigenvalue weighted by Gasteiger charge is -2.05. The number of pyridine rings is 1. The number of hydrogen-bond acceptors (Lipinski definition) is 3. The molecule has 21 heavy (non-hydrogen) atoms. The second-order valence-electron chi connectivity index (χ2n) is 4.45. The molecule has 0 aliphatic carbocycles. The third-order valence-corrected chi connectivity index (χ3v) is 2.98. The van der Waals surface area contributed by atoms with Crippen LogP contribution in [0.5, 0.6) is 0 Å². The summed E-state index contributed by atoms with van der Waals surface area (Å²) in [6.07, 6.45) is 0. The van der Waals surface area contributed by atoms with Crippen molar-refractivity contribution >= 4 is 5.82 Å². The summed E-state index contributed by atoms with van der Waals surface area (Å²) in [6, 6.07) is 7.60. The fourth-order valence-electron chi connectivity index (χ4n) is 2.13. The van der Waals surface area contributed by atoms with Gasteiger partial charge in [0, 0.05) is 12.1 Å². The highest BCUT2D eigenvalue weighted by Gasteiger charge is 2.16. The number of benzene rings is 1. The molecule has 2 heterocycles. The Morgan fingerprint density at radius 3 is 2.48 bits per heavy atom. The molecule has 3 aromatic rings. The Bertz CT molecular complexity index is 849. The van der Waals surface area contributed by atoms with Crippen molar-refractivity contribution in [3.63, 3.8) is 0 Å². The second-order valence-corrected chi connectivity index (χ2v) is 4.45. The SMILES string of the molecule is Nc1n[nH]c(-c2cccc(=O)[nH]2)c1-c1cc(F)cc(F)c1. The predicted octanol–water partition coefficient (Wildman–Crippen LogP) is 2.29. The zero-order chi connectivity index (χ0) is 15.0. The van der Waals surface area contributed by atoms with Gasteiger partial charge >= 0.3 is 0 Å². The summed E-state index contributed by atoms with van der Waals surface area (Å²) in [5.74, 6) is -1.36. The molecule has 7 heteroatoms. The van der Waals surface area contributed by atoms with Crippen molar-refractivity contribution in [3.05, 3.63) is 58.4 Å². The molecule has 0 atom stereocenters. The summed E-state index contributed by atoms with van der Waals surface area (Å²) >= 11 is 0. The maximum Gasteiger partial charge on any atom is 0.248 e. The molecule has 5 nitrogen and oxygen atoms in total. The minimum absolute atomic E-state index is 0.0831. The first kappa shape index (κ1) is 13.0. The van der Waals surface area contributed by atoms with Gasteiger partial charge in [0.25, 0.3) is 0 Å². The van der Waals surface area contributed by atoms with Crippen LogP contribution < -0.4 is 11.3 Å². The molecule has 3 rings (SSSR count). The zero-order valence-electron chi connectivity index (χ0n) is 10.7. The maximum absolute atomic E-state index is 13.4. The van der Waals surface area contributed by atoms with Crippen molar-refractivity contribution in [3.8, 4) is 22.5 Å². The van der Waals surface area contributed by atoms with Gasteiger partial charge in [-0.25, -0.2) is 8.78 Å². The van der Waals surface area contributed by atoms with Gasteiger partial charge in [-0.15, -0.1) is 0 Å². The second kappa shape index (κ2) is 4.86. The average molecular weight is 288 g/mol. The average Bonchev–Trinajstić information content (AvgIpc) is 2.79.